The summed E-state index contributed by atoms with van der Waals surface area (Å²) in [4.78, 5) is 3.78. The van der Waals surface area contributed by atoms with Crippen molar-refractivity contribution in [1.29, 1.82) is 0 Å². The summed E-state index contributed by atoms with van der Waals surface area (Å²) in [5.74, 6) is 0.718. The zero-order chi connectivity index (χ0) is 14.0. The van der Waals surface area contributed by atoms with Crippen LogP contribution in [0.15, 0.2) is 24.3 Å². The molecule has 0 fully saturated rings. The fourth-order valence-electron chi connectivity index (χ4n) is 0.983. The van der Waals surface area contributed by atoms with Crippen molar-refractivity contribution in [3.05, 3.63) is 29.8 Å². The first-order valence-corrected chi connectivity index (χ1v) is 6.20. The van der Waals surface area contributed by atoms with Gasteiger partial charge in [0, 0.05) is 5.56 Å². The van der Waals surface area contributed by atoms with Crippen LogP contribution in [0.5, 0.6) is 5.75 Å². The molecule has 104 valence electrons. The Morgan fingerprint density at radius 3 is 2.11 bits per heavy atom. The van der Waals surface area contributed by atoms with Crippen LogP contribution in [-0.2, 0) is 11.5 Å². The molecule has 18 heavy (non-hydrogen) atoms. The van der Waals surface area contributed by atoms with E-state index in [-0.39, 0.29) is 6.61 Å². The largest absolute Gasteiger partial charge is 0.723 e. The SMILES string of the molecule is CCOc1ccccc1CO[O-].CC[N+](C)(C)C. The van der Waals surface area contributed by atoms with Crippen molar-refractivity contribution in [3.8, 4) is 5.75 Å². The second-order valence-corrected chi connectivity index (χ2v) is 4.91. The zero-order valence-electron chi connectivity index (χ0n) is 12.1. The maximum absolute atomic E-state index is 9.90. The van der Waals surface area contributed by atoms with E-state index in [1.54, 1.807) is 0 Å². The number of nitrogens with zero attached hydrogens (tertiary/aromatic N) is 1. The van der Waals surface area contributed by atoms with Crippen LogP contribution in [0.3, 0.4) is 0 Å². The highest BCUT2D eigenvalue weighted by atomic mass is 17.1. The van der Waals surface area contributed by atoms with Gasteiger partial charge in [-0.1, -0.05) is 18.2 Å². The average molecular weight is 255 g/mol. The molecule has 0 saturated carbocycles. The minimum absolute atomic E-state index is 0.0518. The minimum atomic E-state index is 0.0518. The predicted octanol–water partition coefficient (Wildman–Crippen LogP) is 1.59. The molecule has 1 aromatic rings. The van der Waals surface area contributed by atoms with Crippen molar-refractivity contribution < 1.29 is 19.4 Å². The Labute approximate surface area is 110 Å². The normalized spacial score (nSPS) is 10.6. The topological polar surface area (TPSA) is 41.5 Å². The lowest BCUT2D eigenvalue weighted by atomic mass is 10.2. The van der Waals surface area contributed by atoms with Crippen LogP contribution in [0.25, 0.3) is 0 Å². The van der Waals surface area contributed by atoms with Crippen LogP contribution in [0.2, 0.25) is 0 Å². The predicted molar refractivity (Wildman–Crippen MR) is 71.0 cm³/mol. The van der Waals surface area contributed by atoms with E-state index in [0.717, 1.165) is 15.8 Å². The van der Waals surface area contributed by atoms with Crippen molar-refractivity contribution in [2.75, 3.05) is 34.3 Å². The Kier molecular flexibility index (Phi) is 8.37. The molecule has 1 aromatic carbocycles. The van der Waals surface area contributed by atoms with Crippen LogP contribution in [0.4, 0.5) is 0 Å². The van der Waals surface area contributed by atoms with Gasteiger partial charge in [0.25, 0.3) is 0 Å². The van der Waals surface area contributed by atoms with Crippen molar-refractivity contribution in [1.82, 2.24) is 0 Å². The van der Waals surface area contributed by atoms with Crippen molar-refractivity contribution >= 4 is 0 Å². The highest BCUT2D eigenvalue weighted by molar-refractivity contribution is 5.32. The van der Waals surface area contributed by atoms with E-state index in [1.807, 2.05) is 31.2 Å². The van der Waals surface area contributed by atoms with E-state index in [1.165, 1.54) is 6.54 Å². The molecule has 0 heterocycles. The highest BCUT2D eigenvalue weighted by Crippen LogP contribution is 2.17. The van der Waals surface area contributed by atoms with Crippen LogP contribution >= 0.6 is 0 Å². The summed E-state index contributed by atoms with van der Waals surface area (Å²) in [5, 5.41) is 9.90. The number of ether oxygens (including phenoxy) is 1. The third kappa shape index (κ3) is 8.06. The van der Waals surface area contributed by atoms with Gasteiger partial charge in [0.1, 0.15) is 5.75 Å². The number of para-hydroxylation sites is 1. The van der Waals surface area contributed by atoms with Gasteiger partial charge in [-0.05, 0) is 19.9 Å². The van der Waals surface area contributed by atoms with Crippen molar-refractivity contribution in [2.24, 2.45) is 0 Å². The number of hydrogen-bond donors (Lipinski definition) is 0. The molecule has 0 spiro atoms. The van der Waals surface area contributed by atoms with Crippen molar-refractivity contribution in [2.45, 2.75) is 20.5 Å². The number of benzene rings is 1. The van der Waals surface area contributed by atoms with E-state index in [0.29, 0.717) is 6.61 Å². The maximum Gasteiger partial charge on any atom is 0.124 e. The Morgan fingerprint density at radius 1 is 1.11 bits per heavy atom. The Bertz CT molecular complexity index is 296. The van der Waals surface area contributed by atoms with Gasteiger partial charge in [-0.2, -0.15) is 0 Å². The lowest BCUT2D eigenvalue weighted by Crippen LogP contribution is -2.33. The maximum atomic E-state index is 9.90. The summed E-state index contributed by atoms with van der Waals surface area (Å²) in [5.41, 5.74) is 0.786. The quantitative estimate of drug-likeness (QED) is 0.456. The third-order valence-electron chi connectivity index (χ3n) is 2.44. The minimum Gasteiger partial charge on any atom is -0.723 e. The fraction of sp³-hybridized carbons (Fsp3) is 0.571. The molecule has 1 rings (SSSR count). The van der Waals surface area contributed by atoms with Crippen LogP contribution in [0, 0.1) is 0 Å². The van der Waals surface area contributed by atoms with Crippen LogP contribution in [0.1, 0.15) is 19.4 Å². The molecule has 4 nitrogen and oxygen atoms in total. The van der Waals surface area contributed by atoms with Crippen LogP contribution < -0.4 is 9.99 Å². The summed E-state index contributed by atoms with van der Waals surface area (Å²) < 4.78 is 6.34. The first-order valence-electron chi connectivity index (χ1n) is 6.20. The Hall–Kier alpha value is -1.10. The highest BCUT2D eigenvalue weighted by Gasteiger charge is 1.99. The molecular formula is C14H25NO3. The molecule has 0 N–H and O–H groups in total. The van der Waals surface area contributed by atoms with Gasteiger partial charge >= 0.3 is 0 Å². The second-order valence-electron chi connectivity index (χ2n) is 4.91. The van der Waals surface area contributed by atoms with Gasteiger partial charge in [0.2, 0.25) is 0 Å². The third-order valence-corrected chi connectivity index (χ3v) is 2.44. The molecule has 0 aromatic heterocycles. The van der Waals surface area contributed by atoms with Gasteiger partial charge < -0.3 is 19.4 Å². The van der Waals surface area contributed by atoms with E-state index < -0.39 is 0 Å². The lowest BCUT2D eigenvalue weighted by Gasteiger charge is -2.20. The standard InChI is InChI=1S/C9H12O3.C5H14N/c1-2-11-9-6-4-3-5-8(9)7-12-10;1-5-6(2,3)4/h3-6,10H,2,7H2,1H3;5H2,1-4H3/q;+1/p-1. The number of rotatable bonds is 5. The molecule has 0 aliphatic heterocycles. The molecule has 0 aliphatic carbocycles. The van der Waals surface area contributed by atoms with Gasteiger partial charge in [0.15, 0.2) is 0 Å². The van der Waals surface area contributed by atoms with Gasteiger partial charge in [-0.25, -0.2) is 0 Å². The van der Waals surface area contributed by atoms with Gasteiger partial charge in [-0.15, -0.1) is 0 Å². The lowest BCUT2D eigenvalue weighted by molar-refractivity contribution is -0.868. The number of hydrogen-bond acceptors (Lipinski definition) is 3. The summed E-state index contributed by atoms with van der Waals surface area (Å²) in [7, 11) is 6.54. The molecule has 0 atom stereocenters. The van der Waals surface area contributed by atoms with E-state index in [2.05, 4.69) is 33.0 Å². The molecule has 4 heteroatoms. The monoisotopic (exact) mass is 255 g/mol. The molecule has 0 unspecified atom stereocenters. The molecule has 0 saturated heterocycles. The summed E-state index contributed by atoms with van der Waals surface area (Å²) >= 11 is 0. The Balaban J connectivity index is 0.000000411. The molecule has 0 radical (unpaired) electrons. The zero-order valence-corrected chi connectivity index (χ0v) is 12.1. The van der Waals surface area contributed by atoms with E-state index in [4.69, 9.17) is 4.74 Å². The molecular weight excluding hydrogens is 230 g/mol. The second kappa shape index (κ2) is 8.91. The average Bonchev–Trinajstić information content (AvgIpc) is 2.32. The molecule has 0 amide bonds. The summed E-state index contributed by atoms with van der Waals surface area (Å²) in [6, 6.07) is 7.33. The summed E-state index contributed by atoms with van der Waals surface area (Å²) in [6.07, 6.45) is 0. The Morgan fingerprint density at radius 2 is 1.67 bits per heavy atom. The molecule has 0 aliphatic rings. The van der Waals surface area contributed by atoms with Crippen molar-refractivity contribution in [3.63, 3.8) is 0 Å². The fourth-order valence-corrected chi connectivity index (χ4v) is 0.983. The smallest absolute Gasteiger partial charge is 0.124 e. The first kappa shape index (κ1) is 16.9. The summed E-state index contributed by atoms with van der Waals surface area (Å²) in [6.45, 7) is 5.93. The first-order chi connectivity index (χ1) is 8.44. The molecule has 0 bridgehead atoms. The number of quaternary nitrogens is 1. The van der Waals surface area contributed by atoms with E-state index >= 15 is 0 Å². The van der Waals surface area contributed by atoms with Crippen LogP contribution in [-0.4, -0.2) is 38.8 Å². The van der Waals surface area contributed by atoms with Gasteiger partial charge in [-0.3, -0.25) is 0 Å². The van der Waals surface area contributed by atoms with E-state index in [9.17, 15) is 5.26 Å². The van der Waals surface area contributed by atoms with Gasteiger partial charge in [0.05, 0.1) is 40.9 Å².